The molecule has 0 aromatic heterocycles. The second-order valence-electron chi connectivity index (χ2n) is 26.9. The van der Waals surface area contributed by atoms with Crippen molar-refractivity contribution in [2.24, 2.45) is 0 Å². The van der Waals surface area contributed by atoms with Gasteiger partial charge in [-0.15, -0.1) is 0 Å². The van der Waals surface area contributed by atoms with Crippen LogP contribution in [0.15, 0.2) is 97.2 Å². The van der Waals surface area contributed by atoms with Crippen LogP contribution < -0.4 is 5.11 Å². The monoisotopic (exact) mass is 1270 g/mol. The van der Waals surface area contributed by atoms with Crippen LogP contribution in [-0.2, 0) is 33.3 Å². The number of likely N-dealkylation sites (N-methyl/N-ethyl adjacent to an activating group) is 1. The van der Waals surface area contributed by atoms with E-state index in [-0.39, 0.29) is 32.2 Å². The Morgan fingerprint density at radius 1 is 0.341 bits per heavy atom. The van der Waals surface area contributed by atoms with Crippen LogP contribution in [0.25, 0.3) is 0 Å². The van der Waals surface area contributed by atoms with Gasteiger partial charge >= 0.3 is 11.9 Å². The number of carboxylic acids is 1. The van der Waals surface area contributed by atoms with Crippen LogP contribution in [0.5, 0.6) is 0 Å². The van der Waals surface area contributed by atoms with Crippen LogP contribution in [-0.4, -0.2) is 82.3 Å². The zero-order chi connectivity index (χ0) is 66.1. The number of carbonyl (C=O) groups excluding carboxylic acids is 3. The molecule has 0 aromatic rings. The number of hydrogen-bond acceptors (Lipinski definition) is 8. The van der Waals surface area contributed by atoms with E-state index in [1.54, 1.807) is 0 Å². The molecule has 9 heteroatoms. The summed E-state index contributed by atoms with van der Waals surface area (Å²) in [4.78, 5) is 37.6. The Labute approximate surface area is 562 Å². The summed E-state index contributed by atoms with van der Waals surface area (Å²) in [5.41, 5.74) is 0. The largest absolute Gasteiger partial charge is 0.545 e. The number of aliphatic carboxylic acids is 1. The van der Waals surface area contributed by atoms with E-state index in [1.165, 1.54) is 225 Å². The average Bonchev–Trinajstić information content (AvgIpc) is 3.50. The maximum Gasteiger partial charge on any atom is 0.306 e. The smallest absolute Gasteiger partial charge is 0.306 e. The second-order valence-corrected chi connectivity index (χ2v) is 26.9. The fourth-order valence-electron chi connectivity index (χ4n) is 11.0. The van der Waals surface area contributed by atoms with Crippen molar-refractivity contribution < 1.29 is 42.9 Å². The van der Waals surface area contributed by atoms with E-state index < -0.39 is 24.3 Å². The molecule has 0 saturated heterocycles. The second kappa shape index (κ2) is 72.0. The number of nitrogens with zero attached hydrogens (tertiary/aromatic N) is 1. The standard InChI is InChI=1S/C82H145NO8/c1-6-8-10-12-14-16-18-20-22-24-26-28-30-32-34-36-37-38-39-40-41-42-43-45-47-49-51-53-55-57-59-61-63-65-67-69-71-73-80(85)91-78(77-90-82(81(86)87)88-75-74-83(3,4)5)76-89-79(84)72-70-68-66-64-62-60-58-56-54-52-50-48-46-44-35-33-31-29-27-25-23-21-19-17-15-13-11-9-7-2/h8,10,14,16,20,22,26,28,32,34,37-38,40-41,43,45,78,82H,6-7,9,11-13,15,17-19,21,23-25,27,29-31,33,35-36,39,42,44,46-77H2,1-5H3/b10-8-,16-14-,22-20-,28-26-,34-32-,38-37-,41-40-,45-43-. The van der Waals surface area contributed by atoms with Crippen molar-refractivity contribution in [3.8, 4) is 0 Å². The van der Waals surface area contributed by atoms with Crippen LogP contribution in [0.4, 0.5) is 0 Å². The Balaban J connectivity index is 4.07. The molecule has 0 aromatic carbocycles. The van der Waals surface area contributed by atoms with Gasteiger partial charge in [-0.1, -0.05) is 355 Å². The summed E-state index contributed by atoms with van der Waals surface area (Å²) in [5.74, 6) is -2.27. The first-order valence-electron chi connectivity index (χ1n) is 38.4. The number of unbranched alkanes of at least 4 members (excludes halogenated alkanes) is 40. The first-order valence-corrected chi connectivity index (χ1v) is 38.4. The summed E-state index contributed by atoms with van der Waals surface area (Å²) in [6.45, 7) is 4.68. The topological polar surface area (TPSA) is 111 Å². The van der Waals surface area contributed by atoms with E-state index in [0.29, 0.717) is 23.9 Å². The lowest BCUT2D eigenvalue weighted by Gasteiger charge is -2.26. The number of esters is 2. The van der Waals surface area contributed by atoms with Crippen molar-refractivity contribution in [1.29, 1.82) is 0 Å². The molecule has 0 bridgehead atoms. The van der Waals surface area contributed by atoms with Crippen LogP contribution >= 0.6 is 0 Å². The molecular weight excluding hydrogens is 1130 g/mol. The van der Waals surface area contributed by atoms with Gasteiger partial charge in [-0.3, -0.25) is 9.59 Å². The molecule has 9 nitrogen and oxygen atoms in total. The van der Waals surface area contributed by atoms with Gasteiger partial charge in [0.2, 0.25) is 0 Å². The Bertz CT molecular complexity index is 1820. The predicted molar refractivity (Wildman–Crippen MR) is 389 cm³/mol. The Morgan fingerprint density at radius 3 is 0.934 bits per heavy atom. The highest BCUT2D eigenvalue weighted by atomic mass is 16.7. The van der Waals surface area contributed by atoms with Crippen LogP contribution in [0.3, 0.4) is 0 Å². The van der Waals surface area contributed by atoms with Gasteiger partial charge in [0, 0.05) is 12.8 Å². The van der Waals surface area contributed by atoms with Crippen molar-refractivity contribution >= 4 is 17.9 Å². The van der Waals surface area contributed by atoms with Gasteiger partial charge in [0.05, 0.1) is 40.3 Å². The molecule has 0 radical (unpaired) electrons. The first kappa shape index (κ1) is 87.2. The Kier molecular flexibility index (Phi) is 69.0. The number of allylic oxidation sites excluding steroid dienone is 16. The highest BCUT2D eigenvalue weighted by Gasteiger charge is 2.22. The maximum atomic E-state index is 13.0. The van der Waals surface area contributed by atoms with E-state index in [1.807, 2.05) is 21.1 Å². The summed E-state index contributed by atoms with van der Waals surface area (Å²) in [7, 11) is 5.94. The number of quaternary nitrogens is 1. The van der Waals surface area contributed by atoms with Crippen molar-refractivity contribution in [1.82, 2.24) is 0 Å². The maximum absolute atomic E-state index is 13.0. The molecule has 91 heavy (non-hydrogen) atoms. The number of carbonyl (C=O) groups is 3. The van der Waals surface area contributed by atoms with E-state index in [0.717, 1.165) is 89.9 Å². The average molecular weight is 1270 g/mol. The normalized spacial score (nSPS) is 13.2. The van der Waals surface area contributed by atoms with Gasteiger partial charge in [0.1, 0.15) is 13.2 Å². The molecule has 526 valence electrons. The summed E-state index contributed by atoms with van der Waals surface area (Å²) in [6, 6.07) is 0. The van der Waals surface area contributed by atoms with Crippen molar-refractivity contribution in [2.45, 2.75) is 360 Å². The molecule has 2 atom stereocenters. The SMILES string of the molecule is CC/C=C\C/C=C\C/C=C\C/C=C\C/C=C\C/C=C\C/C=C\C/C=C\CCCCCCCCCCCCCCC(=O)OC(COC(=O)CCCCCCCCCCCCCCCCCCCCCCCCCCCCCCC)COC(OCC[N+](C)(C)C)C(=O)[O-]. The fourth-order valence-corrected chi connectivity index (χ4v) is 11.0. The Hall–Kier alpha value is -3.79. The molecule has 0 rings (SSSR count). The molecular formula is C82H145NO8. The lowest BCUT2D eigenvalue weighted by molar-refractivity contribution is -0.870. The number of rotatable bonds is 71. The molecule has 0 fully saturated rings. The molecule has 0 amide bonds. The van der Waals surface area contributed by atoms with Crippen molar-refractivity contribution in [2.75, 3.05) is 47.5 Å². The van der Waals surface area contributed by atoms with Gasteiger partial charge < -0.3 is 33.3 Å². The van der Waals surface area contributed by atoms with Gasteiger partial charge in [0.15, 0.2) is 12.4 Å². The predicted octanol–water partition coefficient (Wildman–Crippen LogP) is 23.0. The number of ether oxygens (including phenoxy) is 4. The summed E-state index contributed by atoms with van der Waals surface area (Å²) < 4.78 is 22.9. The molecule has 0 aliphatic heterocycles. The lowest BCUT2D eigenvalue weighted by Crippen LogP contribution is -2.44. The summed E-state index contributed by atoms with van der Waals surface area (Å²) in [5, 5.41) is 11.8. The van der Waals surface area contributed by atoms with Gasteiger partial charge in [-0.2, -0.15) is 0 Å². The van der Waals surface area contributed by atoms with E-state index in [4.69, 9.17) is 18.9 Å². The third kappa shape index (κ3) is 73.5. The minimum atomic E-state index is -1.63. The summed E-state index contributed by atoms with van der Waals surface area (Å²) >= 11 is 0. The van der Waals surface area contributed by atoms with E-state index in [2.05, 4.69) is 111 Å². The Morgan fingerprint density at radius 2 is 0.626 bits per heavy atom. The number of carboxylic acid groups (broad SMARTS) is 1. The first-order chi connectivity index (χ1) is 44.6. The lowest BCUT2D eigenvalue weighted by atomic mass is 10.0. The van der Waals surface area contributed by atoms with E-state index >= 15 is 0 Å². The molecule has 0 aliphatic rings. The summed E-state index contributed by atoms with van der Waals surface area (Å²) in [6.07, 6.45) is 96.5. The molecule has 0 aliphatic carbocycles. The minimum Gasteiger partial charge on any atom is -0.545 e. The van der Waals surface area contributed by atoms with Crippen LogP contribution in [0.1, 0.15) is 348 Å². The third-order valence-electron chi connectivity index (χ3n) is 16.8. The van der Waals surface area contributed by atoms with Gasteiger partial charge in [-0.05, 0) is 77.0 Å². The van der Waals surface area contributed by atoms with E-state index in [9.17, 15) is 19.5 Å². The van der Waals surface area contributed by atoms with Crippen LogP contribution in [0, 0.1) is 0 Å². The van der Waals surface area contributed by atoms with Gasteiger partial charge in [-0.25, -0.2) is 0 Å². The minimum absolute atomic E-state index is 0.146. The molecule has 0 N–H and O–H groups in total. The molecule has 0 heterocycles. The molecule has 2 unspecified atom stereocenters. The highest BCUT2D eigenvalue weighted by Crippen LogP contribution is 2.19. The zero-order valence-electron chi connectivity index (χ0n) is 60.2. The van der Waals surface area contributed by atoms with Crippen molar-refractivity contribution in [3.63, 3.8) is 0 Å². The van der Waals surface area contributed by atoms with Gasteiger partial charge in [0.25, 0.3) is 0 Å². The molecule has 0 spiro atoms. The van der Waals surface area contributed by atoms with Crippen LogP contribution in [0.2, 0.25) is 0 Å². The fraction of sp³-hybridized carbons (Fsp3) is 0.768. The zero-order valence-corrected chi connectivity index (χ0v) is 60.2. The van der Waals surface area contributed by atoms with Crippen molar-refractivity contribution in [3.05, 3.63) is 97.2 Å². The quantitative estimate of drug-likeness (QED) is 0.0195. The molecule has 0 saturated carbocycles. The number of hydrogen-bond donors (Lipinski definition) is 0. The third-order valence-corrected chi connectivity index (χ3v) is 16.8. The highest BCUT2D eigenvalue weighted by molar-refractivity contribution is 5.70.